The van der Waals surface area contributed by atoms with Crippen molar-refractivity contribution >= 4 is 0 Å². The van der Waals surface area contributed by atoms with Crippen LogP contribution in [-0.2, 0) is 9.47 Å². The fourth-order valence-corrected chi connectivity index (χ4v) is 3.89. The molecule has 3 fully saturated rings. The van der Waals surface area contributed by atoms with E-state index < -0.39 is 0 Å². The number of nitrogens with zero attached hydrogens (tertiary/aromatic N) is 1. The van der Waals surface area contributed by atoms with Gasteiger partial charge in [-0.1, -0.05) is 11.1 Å². The van der Waals surface area contributed by atoms with E-state index in [1.807, 2.05) is 0 Å². The fourth-order valence-electron chi connectivity index (χ4n) is 3.89. The van der Waals surface area contributed by atoms with E-state index in [9.17, 15) is 0 Å². The average molecular weight is 317 g/mol. The van der Waals surface area contributed by atoms with Crippen LogP contribution in [0.25, 0.3) is 0 Å². The molecular formula is C20H31NO2. The van der Waals surface area contributed by atoms with Crippen LogP contribution in [0.15, 0.2) is 33.7 Å². The largest absolute Gasteiger partial charge is 0.492 e. The third-order valence-corrected chi connectivity index (χ3v) is 5.05. The summed E-state index contributed by atoms with van der Waals surface area (Å²) in [5.74, 6) is 1.55. The average Bonchev–Trinajstić information content (AvgIpc) is 3.17. The van der Waals surface area contributed by atoms with Crippen molar-refractivity contribution in [2.45, 2.75) is 66.5 Å². The van der Waals surface area contributed by atoms with Crippen molar-refractivity contribution in [1.29, 1.82) is 0 Å². The predicted octanol–water partition coefficient (Wildman–Crippen LogP) is 4.42. The second-order valence-corrected chi connectivity index (χ2v) is 7.87. The summed E-state index contributed by atoms with van der Waals surface area (Å²) in [5.41, 5.74) is 6.67. The van der Waals surface area contributed by atoms with Gasteiger partial charge in [0.05, 0.1) is 25.9 Å². The van der Waals surface area contributed by atoms with Gasteiger partial charge in [0, 0.05) is 23.2 Å². The molecule has 2 saturated heterocycles. The summed E-state index contributed by atoms with van der Waals surface area (Å²) < 4.78 is 12.2. The van der Waals surface area contributed by atoms with Crippen LogP contribution in [0.3, 0.4) is 0 Å². The predicted molar refractivity (Wildman–Crippen MR) is 94.0 cm³/mol. The van der Waals surface area contributed by atoms with E-state index >= 15 is 0 Å². The van der Waals surface area contributed by atoms with Gasteiger partial charge >= 0.3 is 0 Å². The molecule has 128 valence electrons. The third-order valence-electron chi connectivity index (χ3n) is 5.05. The van der Waals surface area contributed by atoms with Gasteiger partial charge in [-0.05, 0) is 60.0 Å². The highest BCUT2D eigenvalue weighted by Crippen LogP contribution is 2.43. The molecule has 1 aliphatic carbocycles. The SMILES string of the molecule is CC(C)=C1OCC2COCC2N(C2CC2)C(=C(C)C)C1=C(C)C. The number of fused-ring (bicyclic) bond motifs is 1. The molecule has 0 aromatic rings. The van der Waals surface area contributed by atoms with Crippen LogP contribution in [0.4, 0.5) is 0 Å². The summed E-state index contributed by atoms with van der Waals surface area (Å²) in [7, 11) is 0. The quantitative estimate of drug-likeness (QED) is 0.714. The second-order valence-electron chi connectivity index (χ2n) is 7.87. The molecule has 1 saturated carbocycles. The van der Waals surface area contributed by atoms with Gasteiger partial charge in [-0.15, -0.1) is 0 Å². The summed E-state index contributed by atoms with van der Waals surface area (Å²) in [5, 5.41) is 0. The number of allylic oxidation sites excluding steroid dienone is 3. The van der Waals surface area contributed by atoms with Crippen LogP contribution < -0.4 is 0 Å². The first-order valence-corrected chi connectivity index (χ1v) is 8.93. The van der Waals surface area contributed by atoms with E-state index in [4.69, 9.17) is 9.47 Å². The van der Waals surface area contributed by atoms with Gasteiger partial charge in [-0.3, -0.25) is 0 Å². The van der Waals surface area contributed by atoms with Gasteiger partial charge in [0.15, 0.2) is 0 Å². The van der Waals surface area contributed by atoms with Gasteiger partial charge in [0.2, 0.25) is 0 Å². The second kappa shape index (κ2) is 6.35. The lowest BCUT2D eigenvalue weighted by molar-refractivity contribution is 0.106. The Labute approximate surface area is 141 Å². The molecule has 3 heteroatoms. The van der Waals surface area contributed by atoms with Crippen LogP contribution in [0.2, 0.25) is 0 Å². The minimum Gasteiger partial charge on any atom is -0.492 e. The topological polar surface area (TPSA) is 21.7 Å². The molecule has 0 bridgehead atoms. The Kier molecular flexibility index (Phi) is 4.59. The lowest BCUT2D eigenvalue weighted by Crippen LogP contribution is -2.45. The van der Waals surface area contributed by atoms with Crippen LogP contribution >= 0.6 is 0 Å². The van der Waals surface area contributed by atoms with Crippen molar-refractivity contribution in [2.75, 3.05) is 19.8 Å². The van der Waals surface area contributed by atoms with E-state index in [1.165, 1.54) is 40.8 Å². The molecule has 0 amide bonds. The van der Waals surface area contributed by atoms with Crippen molar-refractivity contribution < 1.29 is 9.47 Å². The van der Waals surface area contributed by atoms with Crippen molar-refractivity contribution in [1.82, 2.24) is 4.90 Å². The molecule has 2 aliphatic heterocycles. The van der Waals surface area contributed by atoms with Crippen LogP contribution in [-0.4, -0.2) is 36.8 Å². The van der Waals surface area contributed by atoms with Crippen LogP contribution in [0.5, 0.6) is 0 Å². The van der Waals surface area contributed by atoms with Crippen molar-refractivity contribution in [3.05, 3.63) is 33.7 Å². The Morgan fingerprint density at radius 2 is 1.57 bits per heavy atom. The molecule has 3 nitrogen and oxygen atoms in total. The molecule has 3 aliphatic rings. The zero-order valence-corrected chi connectivity index (χ0v) is 15.5. The first kappa shape index (κ1) is 16.6. The Morgan fingerprint density at radius 1 is 0.870 bits per heavy atom. The minimum absolute atomic E-state index is 0.459. The molecule has 2 heterocycles. The highest BCUT2D eigenvalue weighted by molar-refractivity contribution is 5.50. The molecular weight excluding hydrogens is 286 g/mol. The van der Waals surface area contributed by atoms with E-state index in [2.05, 4.69) is 46.4 Å². The number of rotatable bonds is 1. The van der Waals surface area contributed by atoms with Gasteiger partial charge in [0.1, 0.15) is 5.76 Å². The van der Waals surface area contributed by atoms with Crippen LogP contribution in [0.1, 0.15) is 54.4 Å². The summed E-state index contributed by atoms with van der Waals surface area (Å²) in [4.78, 5) is 2.70. The Bertz CT molecular complexity index is 568. The summed E-state index contributed by atoms with van der Waals surface area (Å²) in [6.07, 6.45) is 2.61. The summed E-state index contributed by atoms with van der Waals surface area (Å²) >= 11 is 0. The minimum atomic E-state index is 0.459. The van der Waals surface area contributed by atoms with Gasteiger partial charge in [0.25, 0.3) is 0 Å². The normalized spacial score (nSPS) is 28.1. The van der Waals surface area contributed by atoms with Crippen LogP contribution in [0, 0.1) is 5.92 Å². The highest BCUT2D eigenvalue weighted by atomic mass is 16.5. The molecule has 0 aromatic carbocycles. The Morgan fingerprint density at radius 3 is 2.09 bits per heavy atom. The van der Waals surface area contributed by atoms with Gasteiger partial charge in [-0.2, -0.15) is 0 Å². The molecule has 0 aromatic heterocycles. The molecule has 2 atom stereocenters. The zero-order chi connectivity index (χ0) is 16.7. The Balaban J connectivity index is 2.18. The maximum atomic E-state index is 6.34. The summed E-state index contributed by atoms with van der Waals surface area (Å²) in [6.45, 7) is 15.6. The summed E-state index contributed by atoms with van der Waals surface area (Å²) in [6, 6.07) is 1.14. The van der Waals surface area contributed by atoms with Gasteiger partial charge in [-0.25, -0.2) is 0 Å². The van der Waals surface area contributed by atoms with E-state index in [0.717, 1.165) is 25.6 Å². The van der Waals surface area contributed by atoms with Crippen molar-refractivity contribution in [2.24, 2.45) is 5.92 Å². The molecule has 0 N–H and O–H groups in total. The molecule has 0 spiro atoms. The lowest BCUT2D eigenvalue weighted by atomic mass is 9.92. The molecule has 2 unspecified atom stereocenters. The number of hydrogen-bond acceptors (Lipinski definition) is 3. The first-order valence-electron chi connectivity index (χ1n) is 8.93. The zero-order valence-electron chi connectivity index (χ0n) is 15.5. The lowest BCUT2D eigenvalue weighted by Gasteiger charge is -2.41. The molecule has 23 heavy (non-hydrogen) atoms. The first-order chi connectivity index (χ1) is 10.9. The van der Waals surface area contributed by atoms with Crippen molar-refractivity contribution in [3.63, 3.8) is 0 Å². The maximum Gasteiger partial charge on any atom is 0.127 e. The Hall–Kier alpha value is -1.22. The number of hydrogen-bond donors (Lipinski definition) is 0. The molecule has 3 rings (SSSR count). The monoisotopic (exact) mass is 317 g/mol. The highest BCUT2D eigenvalue weighted by Gasteiger charge is 2.44. The van der Waals surface area contributed by atoms with E-state index in [0.29, 0.717) is 18.0 Å². The van der Waals surface area contributed by atoms with Crippen molar-refractivity contribution in [3.8, 4) is 0 Å². The molecule has 0 radical (unpaired) electrons. The van der Waals surface area contributed by atoms with E-state index in [1.54, 1.807) is 0 Å². The fraction of sp³-hybridized carbons (Fsp3) is 0.700. The van der Waals surface area contributed by atoms with E-state index in [-0.39, 0.29) is 0 Å². The standard InChI is InChI=1S/C20H31NO2/c1-12(2)18-19(13(3)4)21(16-7-8-16)17-11-22-9-15(17)10-23-20(18)14(5)6/h15-17H,7-11H2,1-6H3. The maximum absolute atomic E-state index is 6.34. The number of ether oxygens (including phenoxy) is 2. The smallest absolute Gasteiger partial charge is 0.127 e. The third kappa shape index (κ3) is 3.08. The van der Waals surface area contributed by atoms with Gasteiger partial charge < -0.3 is 14.4 Å².